The van der Waals surface area contributed by atoms with Gasteiger partial charge in [0.1, 0.15) is 0 Å². The fourth-order valence-corrected chi connectivity index (χ4v) is 1.67. The van der Waals surface area contributed by atoms with Crippen LogP contribution >= 0.6 is 0 Å². The summed E-state index contributed by atoms with van der Waals surface area (Å²) in [7, 11) is 0. The zero-order valence-electron chi connectivity index (χ0n) is 8.80. The third-order valence-corrected chi connectivity index (χ3v) is 2.57. The Morgan fingerprint density at radius 3 is 2.75 bits per heavy atom. The number of para-hydroxylation sites is 1. The van der Waals surface area contributed by atoms with Crippen LogP contribution in [0.2, 0.25) is 0 Å². The molecule has 1 amide bonds. The Kier molecular flexibility index (Phi) is 2.62. The molecule has 5 heteroatoms. The number of aromatic carboxylic acids is 1. The molecule has 0 spiro atoms. The highest BCUT2D eigenvalue weighted by molar-refractivity contribution is 6.03. The van der Waals surface area contributed by atoms with Gasteiger partial charge in [-0.05, 0) is 12.1 Å². The van der Waals surface area contributed by atoms with E-state index in [-0.39, 0.29) is 17.4 Å². The number of hydrogen-bond donors (Lipinski definition) is 2. The highest BCUT2D eigenvalue weighted by Crippen LogP contribution is 2.23. The largest absolute Gasteiger partial charge is 0.478 e. The first-order valence-corrected chi connectivity index (χ1v) is 5.01. The second kappa shape index (κ2) is 3.94. The molecule has 0 bridgehead atoms. The van der Waals surface area contributed by atoms with Crippen molar-refractivity contribution in [3.8, 4) is 0 Å². The van der Waals surface area contributed by atoms with Gasteiger partial charge < -0.3 is 5.11 Å². The van der Waals surface area contributed by atoms with E-state index in [0.717, 1.165) is 0 Å². The summed E-state index contributed by atoms with van der Waals surface area (Å²) in [4.78, 5) is 22.8. The molecule has 2 N–H and O–H groups in total. The number of hydrazine groups is 1. The van der Waals surface area contributed by atoms with Crippen molar-refractivity contribution >= 4 is 17.6 Å². The second-order valence-corrected chi connectivity index (χ2v) is 3.76. The summed E-state index contributed by atoms with van der Waals surface area (Å²) < 4.78 is 0. The van der Waals surface area contributed by atoms with E-state index in [2.05, 4.69) is 5.43 Å². The maximum atomic E-state index is 11.8. The van der Waals surface area contributed by atoms with Crippen molar-refractivity contribution in [2.24, 2.45) is 5.92 Å². The van der Waals surface area contributed by atoms with Gasteiger partial charge in [-0.1, -0.05) is 19.1 Å². The van der Waals surface area contributed by atoms with Crippen molar-refractivity contribution in [2.75, 3.05) is 11.6 Å². The Morgan fingerprint density at radius 2 is 2.19 bits per heavy atom. The van der Waals surface area contributed by atoms with Crippen LogP contribution in [0.15, 0.2) is 24.3 Å². The van der Waals surface area contributed by atoms with Gasteiger partial charge in [-0.15, -0.1) is 0 Å². The van der Waals surface area contributed by atoms with E-state index in [1.807, 2.05) is 0 Å². The molecule has 1 saturated heterocycles. The normalized spacial score (nSPS) is 20.2. The Morgan fingerprint density at radius 1 is 1.50 bits per heavy atom. The highest BCUT2D eigenvalue weighted by Gasteiger charge is 2.31. The van der Waals surface area contributed by atoms with Crippen LogP contribution in [-0.2, 0) is 4.79 Å². The number of amides is 1. The van der Waals surface area contributed by atoms with E-state index in [4.69, 9.17) is 5.11 Å². The molecule has 1 atom stereocenters. The molecule has 0 aromatic heterocycles. The van der Waals surface area contributed by atoms with Crippen molar-refractivity contribution in [3.63, 3.8) is 0 Å². The summed E-state index contributed by atoms with van der Waals surface area (Å²) in [6, 6.07) is 6.44. The van der Waals surface area contributed by atoms with Crippen LogP contribution in [0.1, 0.15) is 17.3 Å². The van der Waals surface area contributed by atoms with Crippen molar-refractivity contribution in [3.05, 3.63) is 29.8 Å². The molecule has 1 unspecified atom stereocenters. The number of carboxylic acids is 1. The number of nitrogens with one attached hydrogen (secondary N) is 1. The quantitative estimate of drug-likeness (QED) is 0.776. The molecule has 0 aliphatic carbocycles. The molecule has 1 heterocycles. The number of anilines is 1. The van der Waals surface area contributed by atoms with E-state index < -0.39 is 5.97 Å². The number of carboxylic acid groups (broad SMARTS) is 1. The second-order valence-electron chi connectivity index (χ2n) is 3.76. The predicted octanol–water partition coefficient (Wildman–Crippen LogP) is 0.872. The third-order valence-electron chi connectivity index (χ3n) is 2.57. The standard InChI is InChI=1S/C11H12N2O3/c1-7-6-12-13(10(7)14)9-5-3-2-4-8(9)11(15)16/h2-5,7,12H,6H2,1H3,(H,15,16). The predicted molar refractivity (Wildman–Crippen MR) is 58.1 cm³/mol. The molecule has 5 nitrogen and oxygen atoms in total. The molecule has 0 radical (unpaired) electrons. The molecule has 16 heavy (non-hydrogen) atoms. The lowest BCUT2D eigenvalue weighted by atomic mass is 10.1. The van der Waals surface area contributed by atoms with Gasteiger partial charge in [-0.2, -0.15) is 0 Å². The SMILES string of the molecule is CC1CNN(c2ccccc2C(=O)O)C1=O. The average molecular weight is 220 g/mol. The van der Waals surface area contributed by atoms with Gasteiger partial charge in [0.05, 0.1) is 17.2 Å². The molecule has 1 aliphatic heterocycles. The van der Waals surface area contributed by atoms with Crippen LogP contribution in [-0.4, -0.2) is 23.5 Å². The summed E-state index contributed by atoms with van der Waals surface area (Å²) in [6.07, 6.45) is 0. The maximum Gasteiger partial charge on any atom is 0.337 e. The molecule has 84 valence electrons. The number of nitrogens with zero attached hydrogens (tertiary/aromatic N) is 1. The highest BCUT2D eigenvalue weighted by atomic mass is 16.4. The molecule has 1 aromatic rings. The topological polar surface area (TPSA) is 69.6 Å². The van der Waals surface area contributed by atoms with Gasteiger partial charge in [0.25, 0.3) is 0 Å². The van der Waals surface area contributed by atoms with E-state index in [0.29, 0.717) is 12.2 Å². The Hall–Kier alpha value is -1.88. The van der Waals surface area contributed by atoms with Crippen molar-refractivity contribution in [1.82, 2.24) is 5.43 Å². The fraction of sp³-hybridized carbons (Fsp3) is 0.273. The first kappa shape index (κ1) is 10.6. The van der Waals surface area contributed by atoms with Crippen molar-refractivity contribution in [2.45, 2.75) is 6.92 Å². The van der Waals surface area contributed by atoms with E-state index >= 15 is 0 Å². The Labute approximate surface area is 92.6 Å². The summed E-state index contributed by atoms with van der Waals surface area (Å²) in [6.45, 7) is 2.34. The fourth-order valence-electron chi connectivity index (χ4n) is 1.67. The molecule has 2 rings (SSSR count). The minimum Gasteiger partial charge on any atom is -0.478 e. The van der Waals surface area contributed by atoms with Gasteiger partial charge >= 0.3 is 5.97 Å². The molecule has 1 fully saturated rings. The number of carbonyl (C=O) groups is 2. The number of hydrogen-bond acceptors (Lipinski definition) is 3. The van der Waals surface area contributed by atoms with Crippen molar-refractivity contribution < 1.29 is 14.7 Å². The summed E-state index contributed by atoms with van der Waals surface area (Å²) >= 11 is 0. The maximum absolute atomic E-state index is 11.8. The molecule has 1 aliphatic rings. The van der Waals surface area contributed by atoms with Crippen LogP contribution in [0, 0.1) is 5.92 Å². The van der Waals surface area contributed by atoms with Crippen LogP contribution in [0.25, 0.3) is 0 Å². The first-order chi connectivity index (χ1) is 7.61. The molecule has 1 aromatic carbocycles. The van der Waals surface area contributed by atoms with Gasteiger partial charge in [0.15, 0.2) is 0 Å². The average Bonchev–Trinajstić information content (AvgIpc) is 2.60. The van der Waals surface area contributed by atoms with Crippen LogP contribution in [0.5, 0.6) is 0 Å². The van der Waals surface area contributed by atoms with Gasteiger partial charge in [0.2, 0.25) is 5.91 Å². The molecular weight excluding hydrogens is 208 g/mol. The van der Waals surface area contributed by atoms with Gasteiger partial charge in [0, 0.05) is 6.54 Å². The van der Waals surface area contributed by atoms with Crippen LogP contribution < -0.4 is 10.4 Å². The van der Waals surface area contributed by atoms with Crippen LogP contribution in [0.3, 0.4) is 0 Å². The van der Waals surface area contributed by atoms with E-state index in [9.17, 15) is 9.59 Å². The van der Waals surface area contributed by atoms with Crippen LogP contribution in [0.4, 0.5) is 5.69 Å². The monoisotopic (exact) mass is 220 g/mol. The summed E-state index contributed by atoms with van der Waals surface area (Å²) in [5.41, 5.74) is 3.40. The Bertz CT molecular complexity index is 445. The van der Waals surface area contributed by atoms with Gasteiger partial charge in [-0.25, -0.2) is 15.2 Å². The Balaban J connectivity index is 2.41. The number of rotatable bonds is 2. The molecule has 0 saturated carbocycles. The zero-order valence-corrected chi connectivity index (χ0v) is 8.80. The summed E-state index contributed by atoms with van der Waals surface area (Å²) in [5.74, 6) is -1.26. The van der Waals surface area contributed by atoms with E-state index in [1.54, 1.807) is 25.1 Å². The molecular formula is C11H12N2O3. The smallest absolute Gasteiger partial charge is 0.337 e. The lowest BCUT2D eigenvalue weighted by Gasteiger charge is -2.17. The number of carbonyl (C=O) groups excluding carboxylic acids is 1. The van der Waals surface area contributed by atoms with Crippen molar-refractivity contribution in [1.29, 1.82) is 0 Å². The summed E-state index contributed by atoms with van der Waals surface area (Å²) in [5, 5.41) is 10.3. The minimum absolute atomic E-state index is 0.103. The lowest BCUT2D eigenvalue weighted by Crippen LogP contribution is -2.35. The zero-order chi connectivity index (χ0) is 11.7. The third kappa shape index (κ3) is 1.65. The first-order valence-electron chi connectivity index (χ1n) is 5.01. The minimum atomic E-state index is -1.04. The lowest BCUT2D eigenvalue weighted by molar-refractivity contribution is -0.119. The van der Waals surface area contributed by atoms with E-state index in [1.165, 1.54) is 11.1 Å². The number of benzene rings is 1. The van der Waals surface area contributed by atoms with Gasteiger partial charge in [-0.3, -0.25) is 4.79 Å².